The van der Waals surface area contributed by atoms with E-state index in [4.69, 9.17) is 30.5 Å². The molecule has 0 unspecified atom stereocenters. The molecule has 6 nitrogen and oxygen atoms in total. The Morgan fingerprint density at radius 2 is 1.66 bits per heavy atom. The number of carbonyl (C=O) groups is 1. The number of benzene rings is 3. The Hall–Kier alpha value is -3.12. The maximum atomic E-state index is 12.9. The summed E-state index contributed by atoms with van der Waals surface area (Å²) in [5, 5.41) is 12.0. The predicted molar refractivity (Wildman–Crippen MR) is 111 cm³/mol. The maximum absolute atomic E-state index is 12.9. The summed E-state index contributed by atoms with van der Waals surface area (Å²) in [5.74, 6) is -0.0168. The van der Waals surface area contributed by atoms with E-state index in [9.17, 15) is 9.90 Å². The fraction of sp³-hybridized carbons (Fsp3) is 0.227. The normalized spacial score (nSPS) is 10.6. The van der Waals surface area contributed by atoms with Crippen molar-refractivity contribution >= 4 is 28.3 Å². The Morgan fingerprint density at radius 3 is 2.34 bits per heavy atom. The molecule has 29 heavy (non-hydrogen) atoms. The monoisotopic (exact) mass is 416 g/mol. The molecule has 0 radical (unpaired) electrons. The highest BCUT2D eigenvalue weighted by Gasteiger charge is 2.26. The minimum Gasteiger partial charge on any atom is -0.504 e. The number of fused-ring (bicyclic) bond motifs is 1. The van der Waals surface area contributed by atoms with Crippen LogP contribution in [0.1, 0.15) is 24.2 Å². The third kappa shape index (κ3) is 4.03. The van der Waals surface area contributed by atoms with E-state index in [1.165, 1.54) is 7.11 Å². The Balaban J connectivity index is 2.22. The first-order valence-corrected chi connectivity index (χ1v) is 9.48. The SMILES string of the molecule is CCOc1c(OCC)c(OC(=O)c2ccccc2OC)c2ccc(Cl)cc2c1O. The van der Waals surface area contributed by atoms with Gasteiger partial charge >= 0.3 is 5.97 Å². The lowest BCUT2D eigenvalue weighted by Crippen LogP contribution is -2.12. The van der Waals surface area contributed by atoms with Crippen LogP contribution in [0.2, 0.25) is 5.02 Å². The molecule has 0 saturated heterocycles. The summed E-state index contributed by atoms with van der Waals surface area (Å²) in [6.45, 7) is 4.11. The van der Waals surface area contributed by atoms with Crippen LogP contribution in [-0.2, 0) is 0 Å². The Kier molecular flexibility index (Phi) is 6.34. The highest BCUT2D eigenvalue weighted by Crippen LogP contribution is 2.51. The average molecular weight is 417 g/mol. The Morgan fingerprint density at radius 1 is 0.966 bits per heavy atom. The number of methoxy groups -OCH3 is 1. The van der Waals surface area contributed by atoms with Crippen LogP contribution in [0.15, 0.2) is 42.5 Å². The van der Waals surface area contributed by atoms with Gasteiger partial charge in [0.05, 0.1) is 20.3 Å². The standard InChI is InChI=1S/C22H21ClO6/c1-4-27-20-18(24)16-12-13(23)10-11-14(16)19(21(20)28-5-2)29-22(25)15-8-6-7-9-17(15)26-3/h6-12,24H,4-5H2,1-3H3. The molecule has 0 spiro atoms. The summed E-state index contributed by atoms with van der Waals surface area (Å²) in [7, 11) is 1.48. The fourth-order valence-electron chi connectivity index (χ4n) is 2.98. The highest BCUT2D eigenvalue weighted by atomic mass is 35.5. The molecule has 0 aliphatic rings. The van der Waals surface area contributed by atoms with Crippen molar-refractivity contribution in [1.29, 1.82) is 0 Å². The van der Waals surface area contributed by atoms with Gasteiger partial charge < -0.3 is 24.1 Å². The molecule has 0 aromatic heterocycles. The Labute approximate surface area is 173 Å². The third-order valence-electron chi connectivity index (χ3n) is 4.21. The van der Waals surface area contributed by atoms with E-state index in [-0.39, 0.29) is 41.8 Å². The van der Waals surface area contributed by atoms with Crippen LogP contribution in [0.5, 0.6) is 28.7 Å². The van der Waals surface area contributed by atoms with Crippen molar-refractivity contribution in [2.75, 3.05) is 20.3 Å². The zero-order valence-corrected chi connectivity index (χ0v) is 17.1. The van der Waals surface area contributed by atoms with Crippen LogP contribution in [0.25, 0.3) is 10.8 Å². The second-order valence-corrected chi connectivity index (χ2v) is 6.42. The van der Waals surface area contributed by atoms with Gasteiger partial charge in [-0.05, 0) is 44.2 Å². The van der Waals surface area contributed by atoms with Crippen molar-refractivity contribution in [3.63, 3.8) is 0 Å². The van der Waals surface area contributed by atoms with E-state index in [1.807, 2.05) is 0 Å². The fourth-order valence-corrected chi connectivity index (χ4v) is 3.15. The van der Waals surface area contributed by atoms with Crippen molar-refractivity contribution in [3.8, 4) is 28.7 Å². The Bertz CT molecular complexity index is 1050. The second kappa shape index (κ2) is 8.92. The quantitative estimate of drug-likeness (QED) is 0.420. The molecule has 152 valence electrons. The lowest BCUT2D eigenvalue weighted by Gasteiger charge is -2.19. The number of ether oxygens (including phenoxy) is 4. The smallest absolute Gasteiger partial charge is 0.347 e. The van der Waals surface area contributed by atoms with Crippen molar-refractivity contribution in [2.45, 2.75) is 13.8 Å². The third-order valence-corrected chi connectivity index (χ3v) is 4.44. The van der Waals surface area contributed by atoms with E-state index in [0.717, 1.165) is 0 Å². The summed E-state index contributed by atoms with van der Waals surface area (Å²) < 4.78 is 22.3. The number of esters is 1. The number of carbonyl (C=O) groups excluding carboxylic acids is 1. The number of halogens is 1. The van der Waals surface area contributed by atoms with Gasteiger partial charge in [-0.25, -0.2) is 4.79 Å². The predicted octanol–water partition coefficient (Wildman–Crippen LogP) is 5.22. The first-order chi connectivity index (χ1) is 14.0. The molecule has 1 N–H and O–H groups in total. The molecule has 0 fully saturated rings. The molecule has 3 aromatic rings. The molecule has 0 saturated carbocycles. The first kappa shape index (κ1) is 20.6. The second-order valence-electron chi connectivity index (χ2n) is 5.98. The van der Waals surface area contributed by atoms with Gasteiger partial charge in [0, 0.05) is 15.8 Å². The summed E-state index contributed by atoms with van der Waals surface area (Å²) in [6.07, 6.45) is 0. The van der Waals surface area contributed by atoms with Crippen LogP contribution in [0.3, 0.4) is 0 Å². The number of hydrogen-bond donors (Lipinski definition) is 1. The molecule has 7 heteroatoms. The summed E-state index contributed by atoms with van der Waals surface area (Å²) in [5.41, 5.74) is 0.255. The molecule has 0 atom stereocenters. The molecular formula is C22H21ClO6. The van der Waals surface area contributed by atoms with Gasteiger partial charge in [0.25, 0.3) is 0 Å². The van der Waals surface area contributed by atoms with Crippen LogP contribution >= 0.6 is 11.6 Å². The van der Waals surface area contributed by atoms with E-state index >= 15 is 0 Å². The zero-order chi connectivity index (χ0) is 21.0. The lowest BCUT2D eigenvalue weighted by molar-refractivity contribution is 0.0726. The molecule has 0 aliphatic carbocycles. The van der Waals surface area contributed by atoms with Gasteiger partial charge in [-0.15, -0.1) is 0 Å². The van der Waals surface area contributed by atoms with Gasteiger partial charge in [-0.2, -0.15) is 0 Å². The van der Waals surface area contributed by atoms with E-state index in [1.54, 1.807) is 56.3 Å². The number of rotatable bonds is 7. The lowest BCUT2D eigenvalue weighted by atomic mass is 10.1. The van der Waals surface area contributed by atoms with Crippen molar-refractivity contribution in [1.82, 2.24) is 0 Å². The minimum absolute atomic E-state index is 0.0898. The van der Waals surface area contributed by atoms with Crippen molar-refractivity contribution in [3.05, 3.63) is 53.1 Å². The largest absolute Gasteiger partial charge is 0.504 e. The average Bonchev–Trinajstić information content (AvgIpc) is 2.73. The van der Waals surface area contributed by atoms with Gasteiger partial charge in [-0.3, -0.25) is 0 Å². The van der Waals surface area contributed by atoms with E-state index in [2.05, 4.69) is 0 Å². The molecule has 0 heterocycles. The number of hydrogen-bond acceptors (Lipinski definition) is 6. The molecular weight excluding hydrogens is 396 g/mol. The van der Waals surface area contributed by atoms with Crippen LogP contribution in [0.4, 0.5) is 0 Å². The van der Waals surface area contributed by atoms with Gasteiger partial charge in [0.15, 0.2) is 11.5 Å². The molecule has 3 aromatic carbocycles. The van der Waals surface area contributed by atoms with Crippen LogP contribution in [-0.4, -0.2) is 31.4 Å². The van der Waals surface area contributed by atoms with E-state index < -0.39 is 5.97 Å². The topological polar surface area (TPSA) is 74.2 Å². The van der Waals surface area contributed by atoms with Crippen molar-refractivity contribution in [2.24, 2.45) is 0 Å². The zero-order valence-electron chi connectivity index (χ0n) is 16.3. The maximum Gasteiger partial charge on any atom is 0.347 e. The first-order valence-electron chi connectivity index (χ1n) is 9.10. The van der Waals surface area contributed by atoms with Gasteiger partial charge in [0.2, 0.25) is 11.5 Å². The minimum atomic E-state index is -0.632. The van der Waals surface area contributed by atoms with Crippen LogP contribution in [0, 0.1) is 0 Å². The van der Waals surface area contributed by atoms with Gasteiger partial charge in [0.1, 0.15) is 11.3 Å². The number of phenols is 1. The molecule has 0 aliphatic heterocycles. The molecule has 0 amide bonds. The summed E-state index contributed by atoms with van der Waals surface area (Å²) in [6, 6.07) is 11.6. The highest BCUT2D eigenvalue weighted by molar-refractivity contribution is 6.31. The van der Waals surface area contributed by atoms with Crippen molar-refractivity contribution < 1.29 is 28.8 Å². The van der Waals surface area contributed by atoms with Crippen LogP contribution < -0.4 is 18.9 Å². The molecule has 0 bridgehead atoms. The summed E-state index contributed by atoms with van der Waals surface area (Å²) >= 11 is 6.11. The van der Waals surface area contributed by atoms with E-state index in [0.29, 0.717) is 21.5 Å². The number of para-hydroxylation sites is 1. The number of aromatic hydroxyl groups is 1. The summed E-state index contributed by atoms with van der Waals surface area (Å²) in [4.78, 5) is 12.9. The van der Waals surface area contributed by atoms with Gasteiger partial charge in [-0.1, -0.05) is 23.7 Å². The number of phenolic OH excluding ortho intramolecular Hbond substituents is 1. The molecule has 3 rings (SSSR count).